The van der Waals surface area contributed by atoms with Gasteiger partial charge in [-0.3, -0.25) is 10.1 Å². The van der Waals surface area contributed by atoms with Crippen molar-refractivity contribution in [2.75, 3.05) is 26.4 Å². The highest BCUT2D eigenvalue weighted by Gasteiger charge is 2.44. The van der Waals surface area contributed by atoms with Gasteiger partial charge < -0.3 is 14.9 Å². The lowest BCUT2D eigenvalue weighted by atomic mass is 9.73. The predicted octanol–water partition coefficient (Wildman–Crippen LogP) is 0.618. The molecule has 0 radical (unpaired) electrons. The summed E-state index contributed by atoms with van der Waals surface area (Å²) in [6.07, 6.45) is 3.71. The van der Waals surface area contributed by atoms with Crippen molar-refractivity contribution < 1.29 is 19.7 Å². The molecule has 17 heavy (non-hydrogen) atoms. The normalized spacial score (nSPS) is 29.2. The van der Waals surface area contributed by atoms with E-state index in [1.165, 1.54) is 0 Å². The van der Waals surface area contributed by atoms with Gasteiger partial charge in [0.25, 0.3) is 0 Å². The van der Waals surface area contributed by atoms with E-state index in [1.54, 1.807) is 0 Å². The first kappa shape index (κ1) is 14.4. The van der Waals surface area contributed by atoms with Crippen molar-refractivity contribution in [1.82, 2.24) is 5.32 Å². The Kier molecular flexibility index (Phi) is 5.88. The Bertz CT molecular complexity index is 247. The van der Waals surface area contributed by atoms with Gasteiger partial charge in [0.15, 0.2) is 0 Å². The average molecular weight is 245 g/mol. The standard InChI is InChI=1S/C12H23NO4/c1-10-4-2-3-5-12(10,11(15)16)13-6-8-17-9-7-14/h10,13-14H,2-9H2,1H3,(H,15,16). The Labute approximate surface area is 102 Å². The molecule has 1 aliphatic rings. The zero-order valence-electron chi connectivity index (χ0n) is 10.4. The highest BCUT2D eigenvalue weighted by atomic mass is 16.5. The van der Waals surface area contributed by atoms with Crippen LogP contribution in [0.5, 0.6) is 0 Å². The summed E-state index contributed by atoms with van der Waals surface area (Å²) in [4.78, 5) is 11.5. The van der Waals surface area contributed by atoms with Crippen LogP contribution in [0.1, 0.15) is 32.6 Å². The summed E-state index contributed by atoms with van der Waals surface area (Å²) < 4.78 is 5.13. The van der Waals surface area contributed by atoms with Crippen LogP contribution in [0.3, 0.4) is 0 Å². The van der Waals surface area contributed by atoms with Gasteiger partial charge in [-0.1, -0.05) is 19.8 Å². The van der Waals surface area contributed by atoms with Gasteiger partial charge in [0.05, 0.1) is 19.8 Å². The summed E-state index contributed by atoms with van der Waals surface area (Å²) in [5.74, 6) is -0.613. The minimum Gasteiger partial charge on any atom is -0.480 e. The Morgan fingerprint density at radius 2 is 2.24 bits per heavy atom. The second-order valence-electron chi connectivity index (χ2n) is 4.69. The molecule has 2 unspecified atom stereocenters. The number of nitrogens with one attached hydrogen (secondary N) is 1. The quantitative estimate of drug-likeness (QED) is 0.573. The lowest BCUT2D eigenvalue weighted by Crippen LogP contribution is -2.58. The second-order valence-corrected chi connectivity index (χ2v) is 4.69. The zero-order chi connectivity index (χ0) is 12.7. The van der Waals surface area contributed by atoms with Crippen molar-refractivity contribution in [2.45, 2.75) is 38.1 Å². The Morgan fingerprint density at radius 1 is 1.47 bits per heavy atom. The van der Waals surface area contributed by atoms with Gasteiger partial charge in [0.2, 0.25) is 0 Å². The number of carboxylic acid groups (broad SMARTS) is 1. The molecule has 1 aliphatic carbocycles. The fourth-order valence-electron chi connectivity index (χ4n) is 2.52. The molecule has 0 spiro atoms. The molecular weight excluding hydrogens is 222 g/mol. The monoisotopic (exact) mass is 245 g/mol. The molecule has 5 nitrogen and oxygen atoms in total. The lowest BCUT2D eigenvalue weighted by Gasteiger charge is -2.39. The zero-order valence-corrected chi connectivity index (χ0v) is 10.4. The van der Waals surface area contributed by atoms with E-state index in [0.29, 0.717) is 26.2 Å². The van der Waals surface area contributed by atoms with Crippen molar-refractivity contribution >= 4 is 5.97 Å². The van der Waals surface area contributed by atoms with E-state index >= 15 is 0 Å². The average Bonchev–Trinajstić information content (AvgIpc) is 2.31. The first-order chi connectivity index (χ1) is 8.13. The molecule has 0 aliphatic heterocycles. The maximum atomic E-state index is 11.5. The molecule has 3 N–H and O–H groups in total. The third-order valence-electron chi connectivity index (χ3n) is 3.60. The number of aliphatic carboxylic acids is 1. The van der Waals surface area contributed by atoms with Crippen molar-refractivity contribution in [2.24, 2.45) is 5.92 Å². The Balaban J connectivity index is 2.44. The van der Waals surface area contributed by atoms with Crippen LogP contribution in [0.4, 0.5) is 0 Å². The molecule has 0 amide bonds. The van der Waals surface area contributed by atoms with Gasteiger partial charge in [-0.15, -0.1) is 0 Å². The molecule has 0 bridgehead atoms. The summed E-state index contributed by atoms with van der Waals surface area (Å²) >= 11 is 0. The maximum Gasteiger partial charge on any atom is 0.324 e. The molecule has 2 atom stereocenters. The van der Waals surface area contributed by atoms with Crippen molar-refractivity contribution in [3.05, 3.63) is 0 Å². The molecule has 0 heterocycles. The molecule has 0 saturated heterocycles. The first-order valence-electron chi connectivity index (χ1n) is 6.30. The topological polar surface area (TPSA) is 78.8 Å². The third-order valence-corrected chi connectivity index (χ3v) is 3.60. The lowest BCUT2D eigenvalue weighted by molar-refractivity contribution is -0.149. The van der Waals surface area contributed by atoms with Crippen LogP contribution in [0, 0.1) is 5.92 Å². The number of carboxylic acids is 1. The van der Waals surface area contributed by atoms with Gasteiger partial charge in [0, 0.05) is 6.54 Å². The molecular formula is C12H23NO4. The minimum atomic E-state index is -0.791. The predicted molar refractivity (Wildman–Crippen MR) is 63.9 cm³/mol. The highest BCUT2D eigenvalue weighted by Crippen LogP contribution is 2.33. The number of aliphatic hydroxyl groups excluding tert-OH is 1. The number of rotatable bonds is 7. The van der Waals surface area contributed by atoms with E-state index < -0.39 is 11.5 Å². The molecule has 0 aromatic heterocycles. The van der Waals surface area contributed by atoms with Crippen molar-refractivity contribution in [3.63, 3.8) is 0 Å². The van der Waals surface area contributed by atoms with Gasteiger partial charge >= 0.3 is 5.97 Å². The Morgan fingerprint density at radius 3 is 2.82 bits per heavy atom. The van der Waals surface area contributed by atoms with E-state index in [0.717, 1.165) is 19.3 Å². The van der Waals surface area contributed by atoms with E-state index in [1.807, 2.05) is 6.92 Å². The largest absolute Gasteiger partial charge is 0.480 e. The number of ether oxygens (including phenoxy) is 1. The van der Waals surface area contributed by atoms with Crippen LogP contribution in [-0.2, 0) is 9.53 Å². The number of aliphatic hydroxyl groups is 1. The van der Waals surface area contributed by atoms with Gasteiger partial charge in [-0.2, -0.15) is 0 Å². The van der Waals surface area contributed by atoms with Crippen LogP contribution in [0.15, 0.2) is 0 Å². The fourth-order valence-corrected chi connectivity index (χ4v) is 2.52. The summed E-state index contributed by atoms with van der Waals surface area (Å²) in [6.45, 7) is 3.24. The SMILES string of the molecule is CC1CCCCC1(NCCOCCO)C(=O)O. The molecule has 5 heteroatoms. The van der Waals surface area contributed by atoms with E-state index in [9.17, 15) is 9.90 Å². The third kappa shape index (κ3) is 3.66. The molecule has 0 aromatic carbocycles. The first-order valence-corrected chi connectivity index (χ1v) is 6.30. The van der Waals surface area contributed by atoms with Crippen LogP contribution in [-0.4, -0.2) is 48.1 Å². The minimum absolute atomic E-state index is 0.000472. The van der Waals surface area contributed by atoms with Gasteiger partial charge in [-0.05, 0) is 18.8 Å². The van der Waals surface area contributed by atoms with Gasteiger partial charge in [-0.25, -0.2) is 0 Å². The number of hydrogen-bond donors (Lipinski definition) is 3. The van der Waals surface area contributed by atoms with E-state index in [4.69, 9.17) is 9.84 Å². The van der Waals surface area contributed by atoms with Crippen LogP contribution >= 0.6 is 0 Å². The van der Waals surface area contributed by atoms with Crippen molar-refractivity contribution in [1.29, 1.82) is 0 Å². The summed E-state index contributed by atoms with van der Waals surface area (Å²) in [5.41, 5.74) is -0.791. The number of hydrogen-bond acceptors (Lipinski definition) is 4. The molecule has 0 aromatic rings. The second kappa shape index (κ2) is 6.93. The number of carbonyl (C=O) groups is 1. The Hall–Kier alpha value is -0.650. The molecule has 100 valence electrons. The smallest absolute Gasteiger partial charge is 0.324 e. The maximum absolute atomic E-state index is 11.5. The van der Waals surface area contributed by atoms with Gasteiger partial charge in [0.1, 0.15) is 5.54 Å². The van der Waals surface area contributed by atoms with Crippen molar-refractivity contribution in [3.8, 4) is 0 Å². The van der Waals surface area contributed by atoms with E-state index in [-0.39, 0.29) is 12.5 Å². The van der Waals surface area contributed by atoms with E-state index in [2.05, 4.69) is 5.32 Å². The molecule has 1 saturated carbocycles. The summed E-state index contributed by atoms with van der Waals surface area (Å²) in [5, 5.41) is 21.1. The van der Waals surface area contributed by atoms with Crippen LogP contribution in [0.25, 0.3) is 0 Å². The summed E-state index contributed by atoms with van der Waals surface area (Å²) in [6, 6.07) is 0. The van der Waals surface area contributed by atoms with Crippen LogP contribution in [0.2, 0.25) is 0 Å². The van der Waals surface area contributed by atoms with Crippen LogP contribution < -0.4 is 5.32 Å². The highest BCUT2D eigenvalue weighted by molar-refractivity contribution is 5.79. The fraction of sp³-hybridized carbons (Fsp3) is 0.917. The molecule has 1 rings (SSSR count). The summed E-state index contributed by atoms with van der Waals surface area (Å²) in [7, 11) is 0. The molecule has 1 fully saturated rings.